The number of halogens is 4. The molecule has 0 aliphatic carbocycles. The Kier molecular flexibility index (Phi) is 5.55. The topological polar surface area (TPSA) is 81.4 Å². The van der Waals surface area contributed by atoms with E-state index in [1.165, 1.54) is 24.7 Å². The van der Waals surface area contributed by atoms with E-state index in [1.807, 2.05) is 0 Å². The molecule has 5 rings (SSSR count). The number of nitrogens with one attached hydrogen (secondary N) is 1. The summed E-state index contributed by atoms with van der Waals surface area (Å²) < 4.78 is 73.5. The molecule has 12 heteroatoms. The van der Waals surface area contributed by atoms with Crippen LogP contribution in [0.5, 0.6) is 5.75 Å². The van der Waals surface area contributed by atoms with Gasteiger partial charge in [0.2, 0.25) is 5.95 Å². The smallest absolute Gasteiger partial charge is 0.433 e. The van der Waals surface area contributed by atoms with Crippen molar-refractivity contribution in [1.82, 2.24) is 19.4 Å². The van der Waals surface area contributed by atoms with Gasteiger partial charge in [0.05, 0.1) is 12.1 Å². The number of pyridine rings is 1. The lowest BCUT2D eigenvalue weighted by atomic mass is 10.0. The molecule has 0 radical (unpaired) electrons. The molecule has 4 heterocycles. The standard InChI is InChI=1S/C23H20F4N5O2P/c1-35(2,33)21-20-15(13-3-6-19(28-9-13)23(25,26)27)10-29-22(32(20)12-31-21)30-11-16-14-7-8-34-18(14)5-4-17(16)24/h3-6,9-10,12H,7-8,11H2,1-2H3,(H,29,30). The Morgan fingerprint density at radius 1 is 1.11 bits per heavy atom. The Hall–Kier alpha value is -3.46. The Bertz CT molecular complexity index is 1480. The molecule has 1 aromatic carbocycles. The molecule has 1 aliphatic heterocycles. The van der Waals surface area contributed by atoms with Crippen molar-refractivity contribution in [3.8, 4) is 16.9 Å². The molecule has 0 amide bonds. The van der Waals surface area contributed by atoms with Gasteiger partial charge in [-0.1, -0.05) is 6.07 Å². The molecular formula is C23H20F4N5O2P. The van der Waals surface area contributed by atoms with Gasteiger partial charge in [0, 0.05) is 47.6 Å². The second-order valence-corrected chi connectivity index (χ2v) is 11.6. The van der Waals surface area contributed by atoms with Gasteiger partial charge in [-0.15, -0.1) is 0 Å². The number of hydrogen-bond donors (Lipinski definition) is 1. The van der Waals surface area contributed by atoms with Crippen LogP contribution in [-0.4, -0.2) is 39.3 Å². The summed E-state index contributed by atoms with van der Waals surface area (Å²) in [5.74, 6) is 0.587. The molecule has 4 aromatic rings. The number of alkyl halides is 3. The molecule has 1 N–H and O–H groups in total. The van der Waals surface area contributed by atoms with Crippen LogP contribution in [0.1, 0.15) is 16.8 Å². The second-order valence-electron chi connectivity index (χ2n) is 8.52. The van der Waals surface area contributed by atoms with Crippen molar-refractivity contribution in [3.63, 3.8) is 0 Å². The maximum Gasteiger partial charge on any atom is 0.433 e. The Morgan fingerprint density at radius 2 is 1.91 bits per heavy atom. The first-order chi connectivity index (χ1) is 16.5. The molecule has 0 atom stereocenters. The zero-order chi connectivity index (χ0) is 25.0. The third-order valence-corrected chi connectivity index (χ3v) is 7.13. The Labute approximate surface area is 197 Å². The van der Waals surface area contributed by atoms with E-state index in [0.717, 1.165) is 17.8 Å². The fourth-order valence-electron chi connectivity index (χ4n) is 4.13. The molecule has 3 aromatic heterocycles. The quantitative estimate of drug-likeness (QED) is 0.312. The third kappa shape index (κ3) is 4.25. The van der Waals surface area contributed by atoms with E-state index < -0.39 is 19.0 Å². The number of imidazole rings is 1. The summed E-state index contributed by atoms with van der Waals surface area (Å²) in [6.07, 6.45) is 0.0227. The Balaban J connectivity index is 1.58. The highest BCUT2D eigenvalue weighted by atomic mass is 31.2. The van der Waals surface area contributed by atoms with Gasteiger partial charge in [-0.05, 0) is 31.5 Å². The summed E-state index contributed by atoms with van der Waals surface area (Å²) in [5.41, 5.74) is 1.75. The molecule has 0 fully saturated rings. The SMILES string of the molecule is CP(C)(=O)c1ncn2c(NCc3c(F)ccc4c3CCO4)ncc(-c3ccc(C(F)(F)F)nc3)c12. The van der Waals surface area contributed by atoms with Crippen molar-refractivity contribution in [3.05, 3.63) is 65.6 Å². The van der Waals surface area contributed by atoms with Gasteiger partial charge < -0.3 is 14.6 Å². The normalized spacial score (nSPS) is 13.7. The Morgan fingerprint density at radius 3 is 2.60 bits per heavy atom. The number of hydrogen-bond acceptors (Lipinski definition) is 6. The van der Waals surface area contributed by atoms with Crippen LogP contribution in [0, 0.1) is 5.82 Å². The molecule has 7 nitrogen and oxygen atoms in total. The van der Waals surface area contributed by atoms with Gasteiger partial charge in [-0.25, -0.2) is 14.4 Å². The summed E-state index contributed by atoms with van der Waals surface area (Å²) in [6.45, 7) is 3.71. The fourth-order valence-corrected chi connectivity index (χ4v) is 5.20. The summed E-state index contributed by atoms with van der Waals surface area (Å²) in [4.78, 5) is 12.3. The van der Waals surface area contributed by atoms with Crippen molar-refractivity contribution in [2.24, 2.45) is 0 Å². The van der Waals surface area contributed by atoms with Crippen molar-refractivity contribution < 1.29 is 26.9 Å². The van der Waals surface area contributed by atoms with Crippen LogP contribution in [0.15, 0.2) is 43.0 Å². The average molecular weight is 505 g/mol. The molecule has 35 heavy (non-hydrogen) atoms. The van der Waals surface area contributed by atoms with Crippen LogP contribution in [0.3, 0.4) is 0 Å². The number of nitrogens with zero attached hydrogens (tertiary/aromatic N) is 4. The number of anilines is 1. The van der Waals surface area contributed by atoms with Gasteiger partial charge in [-0.2, -0.15) is 13.2 Å². The first-order valence-electron chi connectivity index (χ1n) is 10.7. The van der Waals surface area contributed by atoms with Crippen LogP contribution in [0.2, 0.25) is 0 Å². The predicted octanol–water partition coefficient (Wildman–Crippen LogP) is 4.74. The first-order valence-corrected chi connectivity index (χ1v) is 13.3. The van der Waals surface area contributed by atoms with Crippen molar-refractivity contribution in [1.29, 1.82) is 0 Å². The molecule has 0 saturated carbocycles. The van der Waals surface area contributed by atoms with E-state index in [1.54, 1.807) is 23.8 Å². The highest BCUT2D eigenvalue weighted by molar-refractivity contribution is 7.70. The van der Waals surface area contributed by atoms with Gasteiger partial charge in [0.1, 0.15) is 36.2 Å². The number of fused-ring (bicyclic) bond motifs is 2. The summed E-state index contributed by atoms with van der Waals surface area (Å²) >= 11 is 0. The van der Waals surface area contributed by atoms with Crippen LogP contribution < -0.4 is 15.5 Å². The first kappa shape index (κ1) is 23.3. The second kappa shape index (κ2) is 8.34. The zero-order valence-corrected chi connectivity index (χ0v) is 19.6. The largest absolute Gasteiger partial charge is 0.493 e. The van der Waals surface area contributed by atoms with Crippen LogP contribution in [-0.2, 0) is 23.7 Å². The molecule has 0 saturated heterocycles. The molecule has 1 aliphatic rings. The molecule has 0 bridgehead atoms. The minimum Gasteiger partial charge on any atom is -0.493 e. The maximum atomic E-state index is 14.6. The van der Waals surface area contributed by atoms with Crippen LogP contribution in [0.4, 0.5) is 23.5 Å². The lowest BCUT2D eigenvalue weighted by Gasteiger charge is -2.14. The van der Waals surface area contributed by atoms with Gasteiger partial charge in [0.25, 0.3) is 0 Å². The summed E-state index contributed by atoms with van der Waals surface area (Å²) in [7, 11) is -2.88. The van der Waals surface area contributed by atoms with Crippen LogP contribution >= 0.6 is 7.14 Å². The van der Waals surface area contributed by atoms with Gasteiger partial charge in [0.15, 0.2) is 0 Å². The van der Waals surface area contributed by atoms with Crippen molar-refractivity contribution >= 4 is 24.0 Å². The van der Waals surface area contributed by atoms with Crippen molar-refractivity contribution in [2.75, 3.05) is 25.3 Å². The molecule has 0 unspecified atom stereocenters. The third-order valence-electron chi connectivity index (χ3n) is 5.79. The maximum absolute atomic E-state index is 14.6. The highest BCUT2D eigenvalue weighted by Crippen LogP contribution is 2.39. The number of ether oxygens (including phenoxy) is 1. The van der Waals surface area contributed by atoms with Gasteiger partial charge >= 0.3 is 6.18 Å². The predicted molar refractivity (Wildman–Crippen MR) is 123 cm³/mol. The molecular weight excluding hydrogens is 485 g/mol. The van der Waals surface area contributed by atoms with Crippen molar-refractivity contribution in [2.45, 2.75) is 19.1 Å². The van der Waals surface area contributed by atoms with Crippen LogP contribution in [0.25, 0.3) is 16.6 Å². The molecule has 182 valence electrons. The average Bonchev–Trinajstić information content (AvgIpc) is 3.45. The zero-order valence-electron chi connectivity index (χ0n) is 18.7. The molecule has 0 spiro atoms. The van der Waals surface area contributed by atoms with Gasteiger partial charge in [-0.3, -0.25) is 9.38 Å². The number of benzene rings is 1. The highest BCUT2D eigenvalue weighted by Gasteiger charge is 2.32. The van der Waals surface area contributed by atoms with E-state index in [2.05, 4.69) is 20.3 Å². The summed E-state index contributed by atoms with van der Waals surface area (Å²) in [6, 6.07) is 5.12. The fraction of sp³-hybridized carbons (Fsp3) is 0.261. The minimum absolute atomic E-state index is 0.116. The van der Waals surface area contributed by atoms with E-state index in [0.29, 0.717) is 52.4 Å². The monoisotopic (exact) mass is 505 g/mol. The van der Waals surface area contributed by atoms with E-state index in [-0.39, 0.29) is 12.4 Å². The van der Waals surface area contributed by atoms with E-state index >= 15 is 0 Å². The minimum atomic E-state index is -4.57. The van der Waals surface area contributed by atoms with E-state index in [9.17, 15) is 22.1 Å². The van der Waals surface area contributed by atoms with E-state index in [4.69, 9.17) is 4.74 Å². The number of rotatable bonds is 5. The summed E-state index contributed by atoms with van der Waals surface area (Å²) in [5, 5.41) is 3.11. The number of aromatic nitrogens is 4. The lowest BCUT2D eigenvalue weighted by Crippen LogP contribution is -2.12. The lowest BCUT2D eigenvalue weighted by molar-refractivity contribution is -0.141.